The van der Waals surface area contributed by atoms with Crippen LogP contribution in [0.1, 0.15) is 45.4 Å². The molecule has 2 heterocycles. The van der Waals surface area contributed by atoms with E-state index in [0.29, 0.717) is 6.04 Å². The van der Waals surface area contributed by atoms with E-state index in [1.54, 1.807) is 0 Å². The molecule has 122 valence electrons. The van der Waals surface area contributed by atoms with Crippen molar-refractivity contribution in [1.29, 1.82) is 0 Å². The van der Waals surface area contributed by atoms with E-state index in [-0.39, 0.29) is 0 Å². The second-order valence-electron chi connectivity index (χ2n) is 7.18. The molecular weight excluding hydrogens is 262 g/mol. The fourth-order valence-electron chi connectivity index (χ4n) is 4.18. The normalized spacial score (nSPS) is 31.6. The molecule has 4 heteroatoms. The first kappa shape index (κ1) is 15.7. The summed E-state index contributed by atoms with van der Waals surface area (Å²) in [6.45, 7) is 10.2. The lowest BCUT2D eigenvalue weighted by Crippen LogP contribution is -2.47. The van der Waals surface area contributed by atoms with E-state index in [1.165, 1.54) is 58.2 Å². The number of rotatable bonds is 5. The summed E-state index contributed by atoms with van der Waals surface area (Å²) in [7, 11) is 0. The largest absolute Gasteiger partial charge is 0.379 e. The Hall–Kier alpha value is -0.160. The van der Waals surface area contributed by atoms with Gasteiger partial charge in [-0.2, -0.15) is 0 Å². The van der Waals surface area contributed by atoms with Crippen LogP contribution >= 0.6 is 0 Å². The number of hydrogen-bond acceptors (Lipinski definition) is 4. The molecule has 4 nitrogen and oxygen atoms in total. The molecule has 1 saturated carbocycles. The molecule has 0 aromatic heterocycles. The smallest absolute Gasteiger partial charge is 0.0594 e. The molecule has 0 bridgehead atoms. The van der Waals surface area contributed by atoms with E-state index >= 15 is 0 Å². The molecule has 3 fully saturated rings. The number of morpholine rings is 1. The van der Waals surface area contributed by atoms with Gasteiger partial charge in [-0.15, -0.1) is 0 Å². The number of hydrogen-bond donors (Lipinski definition) is 1. The molecule has 2 atom stereocenters. The van der Waals surface area contributed by atoms with Gasteiger partial charge in [-0.1, -0.05) is 19.3 Å². The van der Waals surface area contributed by atoms with Gasteiger partial charge in [-0.05, 0) is 26.2 Å². The molecule has 21 heavy (non-hydrogen) atoms. The number of ether oxygens (including phenoxy) is 1. The zero-order valence-corrected chi connectivity index (χ0v) is 13.7. The average Bonchev–Trinajstić information content (AvgIpc) is 3.04. The van der Waals surface area contributed by atoms with E-state index in [9.17, 15) is 0 Å². The lowest BCUT2D eigenvalue weighted by Gasteiger charge is -2.33. The Morgan fingerprint density at radius 3 is 2.57 bits per heavy atom. The number of nitrogens with one attached hydrogen (secondary N) is 1. The molecule has 0 amide bonds. The molecule has 3 aliphatic rings. The van der Waals surface area contributed by atoms with Gasteiger partial charge in [0.25, 0.3) is 0 Å². The van der Waals surface area contributed by atoms with Crippen molar-refractivity contribution in [2.75, 3.05) is 45.9 Å². The highest BCUT2D eigenvalue weighted by Crippen LogP contribution is 2.20. The number of likely N-dealkylation sites (tertiary alicyclic amines) is 1. The summed E-state index contributed by atoms with van der Waals surface area (Å²) in [6.07, 6.45) is 8.42. The van der Waals surface area contributed by atoms with Crippen molar-refractivity contribution in [1.82, 2.24) is 15.1 Å². The van der Waals surface area contributed by atoms with Crippen molar-refractivity contribution >= 4 is 0 Å². The first-order valence-electron chi connectivity index (χ1n) is 9.12. The van der Waals surface area contributed by atoms with Crippen molar-refractivity contribution in [3.63, 3.8) is 0 Å². The quantitative estimate of drug-likeness (QED) is 0.835. The van der Waals surface area contributed by atoms with E-state index in [0.717, 1.165) is 38.4 Å². The standard InChI is InChI=1S/C17H33N3O/c1-15(13-18-16-5-3-2-4-6-16)20-8-7-17(14-20)19-9-11-21-12-10-19/h15-18H,2-14H2,1H3. The topological polar surface area (TPSA) is 27.7 Å². The van der Waals surface area contributed by atoms with Crippen molar-refractivity contribution in [2.24, 2.45) is 0 Å². The molecule has 0 radical (unpaired) electrons. The second-order valence-corrected chi connectivity index (χ2v) is 7.18. The summed E-state index contributed by atoms with van der Waals surface area (Å²) in [5, 5.41) is 3.82. The molecular formula is C17H33N3O. The van der Waals surface area contributed by atoms with E-state index < -0.39 is 0 Å². The van der Waals surface area contributed by atoms with E-state index in [4.69, 9.17) is 4.74 Å². The van der Waals surface area contributed by atoms with Gasteiger partial charge in [0.1, 0.15) is 0 Å². The molecule has 2 unspecified atom stereocenters. The van der Waals surface area contributed by atoms with Crippen LogP contribution in [0.5, 0.6) is 0 Å². The zero-order chi connectivity index (χ0) is 14.5. The minimum Gasteiger partial charge on any atom is -0.379 e. The maximum absolute atomic E-state index is 5.47. The molecule has 3 rings (SSSR count). The maximum Gasteiger partial charge on any atom is 0.0594 e. The van der Waals surface area contributed by atoms with Crippen LogP contribution in [-0.4, -0.2) is 73.9 Å². The third-order valence-corrected chi connectivity index (χ3v) is 5.69. The molecule has 0 aromatic carbocycles. The van der Waals surface area contributed by atoms with Crippen LogP contribution in [0.25, 0.3) is 0 Å². The zero-order valence-electron chi connectivity index (χ0n) is 13.7. The minimum atomic E-state index is 0.679. The predicted molar refractivity (Wildman–Crippen MR) is 86.7 cm³/mol. The van der Waals surface area contributed by atoms with Crippen LogP contribution in [0.2, 0.25) is 0 Å². The summed E-state index contributed by atoms with van der Waals surface area (Å²) >= 11 is 0. The Bertz CT molecular complexity index is 300. The van der Waals surface area contributed by atoms with E-state index in [2.05, 4.69) is 22.0 Å². The van der Waals surface area contributed by atoms with Crippen molar-refractivity contribution in [3.05, 3.63) is 0 Å². The van der Waals surface area contributed by atoms with Crippen LogP contribution in [0.15, 0.2) is 0 Å². The Balaban J connectivity index is 1.38. The van der Waals surface area contributed by atoms with Crippen molar-refractivity contribution in [3.8, 4) is 0 Å². The molecule has 1 N–H and O–H groups in total. The summed E-state index contributed by atoms with van der Waals surface area (Å²) in [5.41, 5.74) is 0. The van der Waals surface area contributed by atoms with Crippen LogP contribution in [0, 0.1) is 0 Å². The summed E-state index contributed by atoms with van der Waals surface area (Å²) in [5.74, 6) is 0. The van der Waals surface area contributed by atoms with Gasteiger partial charge in [-0.3, -0.25) is 9.80 Å². The highest BCUT2D eigenvalue weighted by molar-refractivity contribution is 4.87. The van der Waals surface area contributed by atoms with Gasteiger partial charge in [0.05, 0.1) is 13.2 Å². The third-order valence-electron chi connectivity index (χ3n) is 5.69. The summed E-state index contributed by atoms with van der Waals surface area (Å²) in [4.78, 5) is 5.33. The van der Waals surface area contributed by atoms with E-state index in [1.807, 2.05) is 0 Å². The van der Waals surface area contributed by atoms with Gasteiger partial charge in [0.2, 0.25) is 0 Å². The van der Waals surface area contributed by atoms with Crippen LogP contribution < -0.4 is 5.32 Å². The Morgan fingerprint density at radius 1 is 1.05 bits per heavy atom. The fraction of sp³-hybridized carbons (Fsp3) is 1.00. The average molecular weight is 295 g/mol. The summed E-state index contributed by atoms with van der Waals surface area (Å²) < 4.78 is 5.47. The minimum absolute atomic E-state index is 0.679. The summed E-state index contributed by atoms with van der Waals surface area (Å²) in [6, 6.07) is 2.24. The SMILES string of the molecule is CC(CNC1CCCCC1)N1CCC(N2CCOCC2)C1. The molecule has 0 spiro atoms. The Labute approximate surface area is 130 Å². The first-order chi connectivity index (χ1) is 10.3. The highest BCUT2D eigenvalue weighted by Gasteiger charge is 2.30. The molecule has 2 aliphatic heterocycles. The van der Waals surface area contributed by atoms with Crippen LogP contribution in [0.4, 0.5) is 0 Å². The third kappa shape index (κ3) is 4.41. The van der Waals surface area contributed by atoms with Gasteiger partial charge in [0.15, 0.2) is 0 Å². The molecule has 1 aliphatic carbocycles. The second kappa shape index (κ2) is 7.91. The highest BCUT2D eigenvalue weighted by atomic mass is 16.5. The first-order valence-corrected chi connectivity index (χ1v) is 9.12. The monoisotopic (exact) mass is 295 g/mol. The predicted octanol–water partition coefficient (Wildman–Crippen LogP) is 1.70. The fourth-order valence-corrected chi connectivity index (χ4v) is 4.18. The number of nitrogens with zero attached hydrogens (tertiary/aromatic N) is 2. The van der Waals surface area contributed by atoms with Gasteiger partial charge >= 0.3 is 0 Å². The molecule has 2 saturated heterocycles. The van der Waals surface area contributed by atoms with Crippen molar-refractivity contribution in [2.45, 2.75) is 63.6 Å². The molecule has 0 aromatic rings. The van der Waals surface area contributed by atoms with Crippen LogP contribution in [-0.2, 0) is 4.74 Å². The van der Waals surface area contributed by atoms with Gasteiger partial charge in [0, 0.05) is 50.8 Å². The van der Waals surface area contributed by atoms with Gasteiger partial charge < -0.3 is 10.1 Å². The Morgan fingerprint density at radius 2 is 1.81 bits per heavy atom. The van der Waals surface area contributed by atoms with Crippen LogP contribution in [0.3, 0.4) is 0 Å². The lowest BCUT2D eigenvalue weighted by atomic mass is 9.95. The lowest BCUT2D eigenvalue weighted by molar-refractivity contribution is 0.0177. The Kier molecular flexibility index (Phi) is 5.92. The van der Waals surface area contributed by atoms with Crippen molar-refractivity contribution < 1.29 is 4.74 Å². The van der Waals surface area contributed by atoms with Gasteiger partial charge in [-0.25, -0.2) is 0 Å². The maximum atomic E-state index is 5.47.